The first-order valence-corrected chi connectivity index (χ1v) is 3.72. The van der Waals surface area contributed by atoms with Crippen molar-refractivity contribution in [2.24, 2.45) is 11.7 Å². The first kappa shape index (κ1) is 23.7. The van der Waals surface area contributed by atoms with Gasteiger partial charge in [-0.3, -0.25) is 9.59 Å². The number of hydrogen-bond acceptors (Lipinski definition) is 2. The molecule has 0 unspecified atom stereocenters. The standard InChI is InChI=1S/C7H12N2O2.ClH.3H2O/c8-7(11)6-1-3-9(5-10)4-2-6;;;;/h5-6H,1-4H2,(H2,8,11);1H;3*1H2. The van der Waals surface area contributed by atoms with Crippen LogP contribution in [0.25, 0.3) is 0 Å². The van der Waals surface area contributed by atoms with E-state index in [2.05, 4.69) is 0 Å². The molecule has 0 aromatic rings. The van der Waals surface area contributed by atoms with Gasteiger partial charge in [0.2, 0.25) is 12.3 Å². The largest absolute Gasteiger partial charge is 0.412 e. The number of halogens is 1. The van der Waals surface area contributed by atoms with E-state index in [0.717, 1.165) is 6.41 Å². The van der Waals surface area contributed by atoms with Crippen LogP contribution in [0.2, 0.25) is 0 Å². The summed E-state index contributed by atoms with van der Waals surface area (Å²) in [7, 11) is 0. The molecule has 8 heteroatoms. The van der Waals surface area contributed by atoms with Crippen molar-refractivity contribution in [3.63, 3.8) is 0 Å². The summed E-state index contributed by atoms with van der Waals surface area (Å²) in [6, 6.07) is 0. The van der Waals surface area contributed by atoms with E-state index in [1.807, 2.05) is 0 Å². The average Bonchev–Trinajstić information content (AvgIpc) is 2.05. The molecular formula is C7H19ClN2O5. The number of hydrogen-bond donors (Lipinski definition) is 1. The average molecular weight is 247 g/mol. The van der Waals surface area contributed by atoms with Crippen molar-refractivity contribution in [1.29, 1.82) is 0 Å². The molecule has 0 aromatic carbocycles. The van der Waals surface area contributed by atoms with Crippen LogP contribution in [-0.2, 0) is 9.59 Å². The number of rotatable bonds is 2. The maximum Gasteiger partial charge on any atom is 0.220 e. The Kier molecular flexibility index (Phi) is 17.7. The van der Waals surface area contributed by atoms with E-state index in [0.29, 0.717) is 25.9 Å². The molecule has 0 aliphatic carbocycles. The molecule has 1 fully saturated rings. The van der Waals surface area contributed by atoms with Crippen LogP contribution in [0.3, 0.4) is 0 Å². The van der Waals surface area contributed by atoms with Gasteiger partial charge in [-0.15, -0.1) is 12.4 Å². The number of nitrogens with zero attached hydrogens (tertiary/aromatic N) is 1. The number of amides is 2. The highest BCUT2D eigenvalue weighted by molar-refractivity contribution is 5.85. The van der Waals surface area contributed by atoms with Gasteiger partial charge in [0.1, 0.15) is 0 Å². The van der Waals surface area contributed by atoms with Crippen LogP contribution >= 0.6 is 12.4 Å². The quantitative estimate of drug-likeness (QED) is 0.525. The second-order valence-corrected chi connectivity index (χ2v) is 2.82. The number of carbonyl (C=O) groups is 2. The highest BCUT2D eigenvalue weighted by atomic mass is 35.5. The van der Waals surface area contributed by atoms with Gasteiger partial charge in [-0.1, -0.05) is 0 Å². The molecule has 8 N–H and O–H groups in total. The molecule has 94 valence electrons. The molecule has 0 atom stereocenters. The third kappa shape index (κ3) is 7.09. The number of primary amides is 1. The normalized spacial score (nSPS) is 14.5. The fourth-order valence-corrected chi connectivity index (χ4v) is 1.29. The fourth-order valence-electron chi connectivity index (χ4n) is 1.29. The summed E-state index contributed by atoms with van der Waals surface area (Å²) in [6.45, 7) is 1.33. The van der Waals surface area contributed by atoms with Gasteiger partial charge in [-0.05, 0) is 12.8 Å². The lowest BCUT2D eigenvalue weighted by atomic mass is 9.97. The zero-order valence-corrected chi connectivity index (χ0v) is 9.05. The van der Waals surface area contributed by atoms with Crippen molar-refractivity contribution >= 4 is 24.7 Å². The number of nitrogens with two attached hydrogens (primary N) is 1. The zero-order valence-electron chi connectivity index (χ0n) is 8.23. The van der Waals surface area contributed by atoms with Crippen molar-refractivity contribution in [3.05, 3.63) is 0 Å². The Hall–Kier alpha value is -0.890. The van der Waals surface area contributed by atoms with Crippen molar-refractivity contribution in [2.75, 3.05) is 13.1 Å². The minimum atomic E-state index is -0.240. The van der Waals surface area contributed by atoms with Crippen LogP contribution in [0, 0.1) is 5.92 Å². The molecule has 15 heavy (non-hydrogen) atoms. The molecule has 1 heterocycles. The van der Waals surface area contributed by atoms with E-state index < -0.39 is 0 Å². The summed E-state index contributed by atoms with van der Waals surface area (Å²) in [4.78, 5) is 22.6. The van der Waals surface area contributed by atoms with Crippen LogP contribution in [0.4, 0.5) is 0 Å². The molecule has 0 spiro atoms. The molecule has 2 amide bonds. The molecule has 1 aliphatic rings. The van der Waals surface area contributed by atoms with Crippen molar-refractivity contribution in [2.45, 2.75) is 12.8 Å². The van der Waals surface area contributed by atoms with Gasteiger partial charge in [0.15, 0.2) is 0 Å². The molecule has 0 radical (unpaired) electrons. The second kappa shape index (κ2) is 11.2. The van der Waals surface area contributed by atoms with Gasteiger partial charge < -0.3 is 27.1 Å². The Balaban J connectivity index is -0.000000151. The Morgan fingerprint density at radius 1 is 1.20 bits per heavy atom. The van der Waals surface area contributed by atoms with Crippen molar-refractivity contribution in [3.8, 4) is 0 Å². The van der Waals surface area contributed by atoms with Crippen LogP contribution in [0.1, 0.15) is 12.8 Å². The fraction of sp³-hybridized carbons (Fsp3) is 0.714. The molecular weight excluding hydrogens is 228 g/mol. The van der Waals surface area contributed by atoms with Gasteiger partial charge in [0, 0.05) is 19.0 Å². The Morgan fingerprint density at radius 3 is 1.87 bits per heavy atom. The predicted octanol–water partition coefficient (Wildman–Crippen LogP) is -2.71. The number of carbonyl (C=O) groups excluding carboxylic acids is 2. The lowest BCUT2D eigenvalue weighted by Gasteiger charge is -2.26. The summed E-state index contributed by atoms with van der Waals surface area (Å²) in [6.07, 6.45) is 2.25. The van der Waals surface area contributed by atoms with Crippen LogP contribution < -0.4 is 5.73 Å². The topological polar surface area (TPSA) is 158 Å². The Bertz CT molecular complexity index is 173. The summed E-state index contributed by atoms with van der Waals surface area (Å²) in [5.41, 5.74) is 5.11. The summed E-state index contributed by atoms with van der Waals surface area (Å²) in [5.74, 6) is -0.262. The predicted molar refractivity (Wildman–Crippen MR) is 57.6 cm³/mol. The SMILES string of the molecule is Cl.NC(=O)C1CCN(C=O)CC1.O.O.O. The van der Waals surface area contributed by atoms with E-state index in [4.69, 9.17) is 5.73 Å². The number of likely N-dealkylation sites (tertiary alicyclic amines) is 1. The van der Waals surface area contributed by atoms with Gasteiger partial charge in [-0.25, -0.2) is 0 Å². The highest BCUT2D eigenvalue weighted by Gasteiger charge is 2.21. The Labute approximate surface area is 93.9 Å². The molecule has 1 saturated heterocycles. The maximum atomic E-state index is 10.7. The monoisotopic (exact) mass is 246 g/mol. The van der Waals surface area contributed by atoms with Gasteiger partial charge in [0.25, 0.3) is 0 Å². The summed E-state index contributed by atoms with van der Waals surface area (Å²) >= 11 is 0. The molecule has 1 aliphatic heterocycles. The summed E-state index contributed by atoms with van der Waals surface area (Å²) < 4.78 is 0. The third-order valence-corrected chi connectivity index (χ3v) is 2.08. The van der Waals surface area contributed by atoms with Crippen molar-refractivity contribution in [1.82, 2.24) is 4.90 Å². The molecule has 7 nitrogen and oxygen atoms in total. The minimum absolute atomic E-state index is 0. The lowest BCUT2D eigenvalue weighted by Crippen LogP contribution is -2.37. The zero-order chi connectivity index (χ0) is 8.27. The minimum Gasteiger partial charge on any atom is -0.412 e. The molecule has 0 bridgehead atoms. The number of piperidine rings is 1. The maximum absolute atomic E-state index is 10.7. The van der Waals surface area contributed by atoms with E-state index in [1.54, 1.807) is 4.90 Å². The van der Waals surface area contributed by atoms with E-state index in [-0.39, 0.29) is 40.7 Å². The van der Waals surface area contributed by atoms with Crippen LogP contribution in [0.5, 0.6) is 0 Å². The van der Waals surface area contributed by atoms with E-state index in [9.17, 15) is 9.59 Å². The van der Waals surface area contributed by atoms with Crippen molar-refractivity contribution < 1.29 is 26.0 Å². The van der Waals surface area contributed by atoms with Crippen LogP contribution in [-0.4, -0.2) is 46.7 Å². The first-order chi connectivity index (χ1) is 5.24. The smallest absolute Gasteiger partial charge is 0.220 e. The van der Waals surface area contributed by atoms with E-state index in [1.165, 1.54) is 0 Å². The highest BCUT2D eigenvalue weighted by Crippen LogP contribution is 2.14. The lowest BCUT2D eigenvalue weighted by molar-refractivity contribution is -0.126. The third-order valence-electron chi connectivity index (χ3n) is 2.08. The second-order valence-electron chi connectivity index (χ2n) is 2.82. The first-order valence-electron chi connectivity index (χ1n) is 3.72. The molecule has 0 aromatic heterocycles. The molecule has 1 rings (SSSR count). The van der Waals surface area contributed by atoms with Gasteiger partial charge >= 0.3 is 0 Å². The van der Waals surface area contributed by atoms with Gasteiger partial charge in [0.05, 0.1) is 0 Å². The summed E-state index contributed by atoms with van der Waals surface area (Å²) in [5, 5.41) is 0. The van der Waals surface area contributed by atoms with E-state index >= 15 is 0 Å². The van der Waals surface area contributed by atoms with Gasteiger partial charge in [-0.2, -0.15) is 0 Å². The molecule has 0 saturated carbocycles. The Morgan fingerprint density at radius 2 is 1.60 bits per heavy atom. The van der Waals surface area contributed by atoms with Crippen LogP contribution in [0.15, 0.2) is 0 Å².